The van der Waals surface area contributed by atoms with Crippen LogP contribution in [0.5, 0.6) is 0 Å². The zero-order valence-corrected chi connectivity index (χ0v) is 20.3. The van der Waals surface area contributed by atoms with Crippen LogP contribution in [0, 0.1) is 0 Å². The van der Waals surface area contributed by atoms with Gasteiger partial charge < -0.3 is 14.8 Å². The van der Waals surface area contributed by atoms with Crippen LogP contribution in [0.25, 0.3) is 0 Å². The highest BCUT2D eigenvalue weighted by Crippen LogP contribution is 2.22. The number of aromatic nitrogens is 2. The van der Waals surface area contributed by atoms with Gasteiger partial charge in [0.15, 0.2) is 5.82 Å². The Morgan fingerprint density at radius 3 is 2.19 bits per heavy atom. The van der Waals surface area contributed by atoms with Crippen LogP contribution < -0.4 is 10.9 Å². The molecule has 0 aliphatic carbocycles. The number of aryl methyl sites for hydroxylation is 1. The van der Waals surface area contributed by atoms with Crippen molar-refractivity contribution < 1.29 is 9.59 Å². The lowest BCUT2D eigenvalue weighted by Crippen LogP contribution is -2.41. The van der Waals surface area contributed by atoms with Gasteiger partial charge in [-0.05, 0) is 43.4 Å². The quantitative estimate of drug-likeness (QED) is 0.469. The molecule has 1 fully saturated rings. The molecule has 8 heteroatoms. The molecule has 0 saturated carbocycles. The lowest BCUT2D eigenvalue weighted by Gasteiger charge is -2.32. The summed E-state index contributed by atoms with van der Waals surface area (Å²) in [5.74, 6) is -0.175. The number of rotatable bonds is 9. The second-order valence-electron chi connectivity index (χ2n) is 9.43. The molecule has 36 heavy (non-hydrogen) atoms. The highest BCUT2D eigenvalue weighted by Gasteiger charge is 2.34. The molecule has 0 atom stereocenters. The van der Waals surface area contributed by atoms with Gasteiger partial charge in [-0.2, -0.15) is 0 Å². The van der Waals surface area contributed by atoms with E-state index < -0.39 is 0 Å². The summed E-state index contributed by atoms with van der Waals surface area (Å²) < 4.78 is 1.60. The SMILES string of the molecule is O=C1c2ccccc2C(=O)N1CCCn1ccnc(NC2CCN(CCc3ccccc3)CC2)c1=O. The number of hydrogen-bond donors (Lipinski definition) is 1. The summed E-state index contributed by atoms with van der Waals surface area (Å²) in [5.41, 5.74) is 2.07. The van der Waals surface area contributed by atoms with E-state index in [0.717, 1.165) is 38.9 Å². The largest absolute Gasteiger partial charge is 0.363 e. The summed E-state index contributed by atoms with van der Waals surface area (Å²) in [4.78, 5) is 46.1. The van der Waals surface area contributed by atoms with E-state index in [0.29, 0.717) is 29.9 Å². The maximum Gasteiger partial charge on any atom is 0.293 e. The first-order valence-electron chi connectivity index (χ1n) is 12.6. The van der Waals surface area contributed by atoms with Gasteiger partial charge in [0.2, 0.25) is 0 Å². The molecule has 186 valence electrons. The van der Waals surface area contributed by atoms with Crippen molar-refractivity contribution in [2.75, 3.05) is 31.5 Å². The second-order valence-corrected chi connectivity index (χ2v) is 9.43. The summed E-state index contributed by atoms with van der Waals surface area (Å²) >= 11 is 0. The number of benzene rings is 2. The fourth-order valence-electron chi connectivity index (χ4n) is 4.99. The van der Waals surface area contributed by atoms with Crippen molar-refractivity contribution in [3.05, 3.63) is 94.0 Å². The number of imide groups is 1. The number of carbonyl (C=O) groups excluding carboxylic acids is 2. The van der Waals surface area contributed by atoms with Gasteiger partial charge in [-0.25, -0.2) is 4.98 Å². The lowest BCUT2D eigenvalue weighted by molar-refractivity contribution is 0.0650. The maximum absolute atomic E-state index is 13.0. The third-order valence-corrected chi connectivity index (χ3v) is 7.06. The monoisotopic (exact) mass is 485 g/mol. The molecule has 3 aromatic rings. The molecule has 8 nitrogen and oxygen atoms in total. The summed E-state index contributed by atoms with van der Waals surface area (Å²) in [5, 5.41) is 3.35. The molecule has 0 spiro atoms. The first-order chi connectivity index (χ1) is 17.6. The second kappa shape index (κ2) is 10.9. The molecule has 1 N–H and O–H groups in total. The number of carbonyl (C=O) groups is 2. The number of nitrogens with zero attached hydrogens (tertiary/aromatic N) is 4. The highest BCUT2D eigenvalue weighted by molar-refractivity contribution is 6.21. The molecule has 0 unspecified atom stereocenters. The smallest absolute Gasteiger partial charge is 0.293 e. The molecule has 1 aromatic heterocycles. The molecule has 2 amide bonds. The molecule has 2 aliphatic rings. The van der Waals surface area contributed by atoms with Gasteiger partial charge in [0.05, 0.1) is 11.1 Å². The molecule has 0 radical (unpaired) electrons. The van der Waals surface area contributed by atoms with Crippen molar-refractivity contribution in [2.24, 2.45) is 0 Å². The van der Waals surface area contributed by atoms with Gasteiger partial charge in [0.25, 0.3) is 17.4 Å². The van der Waals surface area contributed by atoms with Crippen LogP contribution in [0.4, 0.5) is 5.82 Å². The Labute approximate surface area is 210 Å². The number of likely N-dealkylation sites (tertiary alicyclic amines) is 1. The molecular weight excluding hydrogens is 454 g/mol. The Morgan fingerprint density at radius 1 is 0.833 bits per heavy atom. The van der Waals surface area contributed by atoms with Crippen molar-refractivity contribution >= 4 is 17.6 Å². The van der Waals surface area contributed by atoms with Gasteiger partial charge in [-0.15, -0.1) is 0 Å². The van der Waals surface area contributed by atoms with Gasteiger partial charge in [0.1, 0.15) is 0 Å². The van der Waals surface area contributed by atoms with Gasteiger partial charge in [-0.3, -0.25) is 19.3 Å². The minimum Gasteiger partial charge on any atom is -0.363 e. The number of amides is 2. The van der Waals surface area contributed by atoms with Crippen LogP contribution in [0.15, 0.2) is 71.8 Å². The van der Waals surface area contributed by atoms with E-state index in [1.54, 1.807) is 41.2 Å². The Morgan fingerprint density at radius 2 is 1.50 bits per heavy atom. The molecule has 3 heterocycles. The van der Waals surface area contributed by atoms with Crippen molar-refractivity contribution in [2.45, 2.75) is 38.3 Å². The van der Waals surface area contributed by atoms with Crippen molar-refractivity contribution in [3.8, 4) is 0 Å². The molecule has 2 aromatic carbocycles. The molecular formula is C28H31N5O3. The molecule has 2 aliphatic heterocycles. The topological polar surface area (TPSA) is 87.5 Å². The lowest BCUT2D eigenvalue weighted by atomic mass is 10.0. The normalized spacial score (nSPS) is 16.4. The number of hydrogen-bond acceptors (Lipinski definition) is 6. The molecule has 5 rings (SSSR count). The maximum atomic E-state index is 13.0. The number of piperidine rings is 1. The molecule has 0 bridgehead atoms. The zero-order valence-electron chi connectivity index (χ0n) is 20.3. The Hall–Kier alpha value is -3.78. The summed E-state index contributed by atoms with van der Waals surface area (Å²) in [7, 11) is 0. The van der Waals surface area contributed by atoms with Gasteiger partial charge in [0, 0.05) is 51.2 Å². The molecule has 1 saturated heterocycles. The summed E-state index contributed by atoms with van der Waals surface area (Å²) in [6, 6.07) is 17.6. The van der Waals surface area contributed by atoms with Crippen LogP contribution in [0.2, 0.25) is 0 Å². The number of fused-ring (bicyclic) bond motifs is 1. The Balaban J connectivity index is 1.10. The van der Waals surface area contributed by atoms with E-state index in [4.69, 9.17) is 0 Å². The first-order valence-corrected chi connectivity index (χ1v) is 12.6. The third-order valence-electron chi connectivity index (χ3n) is 7.06. The zero-order chi connectivity index (χ0) is 24.9. The van der Waals surface area contributed by atoms with Gasteiger partial charge >= 0.3 is 0 Å². The Kier molecular flexibility index (Phi) is 7.23. The van der Waals surface area contributed by atoms with E-state index in [9.17, 15) is 14.4 Å². The summed E-state index contributed by atoms with van der Waals surface area (Å²) in [6.07, 6.45) is 6.75. The van der Waals surface area contributed by atoms with E-state index >= 15 is 0 Å². The minimum atomic E-state index is -0.268. The number of nitrogens with one attached hydrogen (secondary N) is 1. The standard InChI is InChI=1S/C28H31N5O3/c34-26-23-9-4-5-10-24(23)27(35)33(26)16-6-15-32-20-14-29-25(28(32)36)30-22-12-18-31(19-13-22)17-11-21-7-2-1-3-8-21/h1-5,7-10,14,20,22H,6,11-13,15-19H2,(H,29,30). The van der Waals surface area contributed by atoms with E-state index in [1.165, 1.54) is 10.5 Å². The predicted molar refractivity (Wildman–Crippen MR) is 138 cm³/mol. The fourth-order valence-corrected chi connectivity index (χ4v) is 4.99. The average molecular weight is 486 g/mol. The third kappa shape index (κ3) is 5.23. The fraction of sp³-hybridized carbons (Fsp3) is 0.357. The number of anilines is 1. The first kappa shape index (κ1) is 23.9. The summed E-state index contributed by atoms with van der Waals surface area (Å²) in [6.45, 7) is 3.70. The van der Waals surface area contributed by atoms with Crippen molar-refractivity contribution in [1.82, 2.24) is 19.4 Å². The van der Waals surface area contributed by atoms with Crippen molar-refractivity contribution in [3.63, 3.8) is 0 Å². The van der Waals surface area contributed by atoms with Crippen LogP contribution in [0.1, 0.15) is 45.5 Å². The van der Waals surface area contributed by atoms with E-state index in [-0.39, 0.29) is 30.0 Å². The minimum absolute atomic E-state index is 0.175. The van der Waals surface area contributed by atoms with Crippen LogP contribution in [0.3, 0.4) is 0 Å². The highest BCUT2D eigenvalue weighted by atomic mass is 16.2. The van der Waals surface area contributed by atoms with Crippen LogP contribution >= 0.6 is 0 Å². The van der Waals surface area contributed by atoms with Crippen molar-refractivity contribution in [1.29, 1.82) is 0 Å². The van der Waals surface area contributed by atoms with Gasteiger partial charge in [-0.1, -0.05) is 42.5 Å². The predicted octanol–water partition coefficient (Wildman–Crippen LogP) is 3.05. The average Bonchev–Trinajstić information content (AvgIpc) is 3.16. The van der Waals surface area contributed by atoms with Crippen LogP contribution in [-0.2, 0) is 13.0 Å². The Bertz CT molecular complexity index is 1250. The van der Waals surface area contributed by atoms with E-state index in [2.05, 4.69) is 39.5 Å². The van der Waals surface area contributed by atoms with E-state index in [1.807, 2.05) is 6.07 Å². The van der Waals surface area contributed by atoms with Crippen LogP contribution in [-0.4, -0.2) is 63.4 Å².